The zero-order valence-corrected chi connectivity index (χ0v) is 16.5. The van der Waals surface area contributed by atoms with E-state index in [1.807, 2.05) is 19.9 Å². The highest BCUT2D eigenvalue weighted by Crippen LogP contribution is 2.31. The molecule has 0 spiro atoms. The van der Waals surface area contributed by atoms with Crippen LogP contribution in [0.5, 0.6) is 5.75 Å². The molecule has 1 aliphatic heterocycles. The fourth-order valence-electron chi connectivity index (χ4n) is 2.70. The largest absolute Gasteiger partial charge is 0.484 e. The van der Waals surface area contributed by atoms with Crippen molar-refractivity contribution < 1.29 is 19.0 Å². The van der Waals surface area contributed by atoms with Crippen LogP contribution in [0.2, 0.25) is 0 Å². The van der Waals surface area contributed by atoms with Crippen LogP contribution in [0.3, 0.4) is 0 Å². The lowest BCUT2D eigenvalue weighted by Crippen LogP contribution is -2.33. The quantitative estimate of drug-likeness (QED) is 0.805. The van der Waals surface area contributed by atoms with E-state index in [2.05, 4.69) is 0 Å². The Morgan fingerprint density at radius 3 is 2.59 bits per heavy atom. The van der Waals surface area contributed by atoms with Crippen molar-refractivity contribution in [2.24, 2.45) is 0 Å². The summed E-state index contributed by atoms with van der Waals surface area (Å²) in [4.78, 5) is 14.7. The van der Waals surface area contributed by atoms with Crippen LogP contribution in [0.15, 0.2) is 53.4 Å². The zero-order chi connectivity index (χ0) is 19.6. The van der Waals surface area contributed by atoms with Crippen LogP contribution in [-0.2, 0) is 11.4 Å². The van der Waals surface area contributed by atoms with E-state index in [1.165, 1.54) is 17.8 Å². The molecule has 27 heavy (non-hydrogen) atoms. The zero-order valence-electron chi connectivity index (χ0n) is 15.7. The molecule has 1 N–H and O–H groups in total. The molecular formula is C21H26FNO3S. The summed E-state index contributed by atoms with van der Waals surface area (Å²) in [5.41, 5.74) is 0.797. The molecule has 1 fully saturated rings. The number of rotatable bonds is 6. The lowest BCUT2D eigenvalue weighted by Gasteiger charge is -2.17. The Morgan fingerprint density at radius 2 is 1.93 bits per heavy atom. The summed E-state index contributed by atoms with van der Waals surface area (Å²) in [7, 11) is 0. The Morgan fingerprint density at radius 1 is 1.22 bits per heavy atom. The molecule has 2 aromatic rings. The van der Waals surface area contributed by atoms with Crippen molar-refractivity contribution in [2.75, 3.05) is 19.7 Å². The SMILES string of the molecule is CC.O=C(COc1ccc(CO)cc1)N1CCC(Sc2ccccc2F)C1. The fraction of sp³-hybridized carbons (Fsp3) is 0.381. The van der Waals surface area contributed by atoms with Gasteiger partial charge in [0.1, 0.15) is 11.6 Å². The van der Waals surface area contributed by atoms with Crippen LogP contribution in [0.1, 0.15) is 25.8 Å². The molecule has 6 heteroatoms. The molecule has 1 unspecified atom stereocenters. The van der Waals surface area contributed by atoms with Crippen molar-refractivity contribution in [3.05, 3.63) is 59.9 Å². The van der Waals surface area contributed by atoms with Crippen molar-refractivity contribution >= 4 is 17.7 Å². The summed E-state index contributed by atoms with van der Waals surface area (Å²) in [6.07, 6.45) is 0.843. The minimum atomic E-state index is -0.216. The lowest BCUT2D eigenvalue weighted by molar-refractivity contribution is -0.132. The van der Waals surface area contributed by atoms with Crippen LogP contribution in [-0.4, -0.2) is 40.9 Å². The minimum Gasteiger partial charge on any atom is -0.484 e. The van der Waals surface area contributed by atoms with E-state index in [-0.39, 0.29) is 30.2 Å². The average molecular weight is 392 g/mol. The number of aliphatic hydroxyl groups is 1. The number of ether oxygens (including phenoxy) is 1. The van der Waals surface area contributed by atoms with Gasteiger partial charge in [-0.15, -0.1) is 11.8 Å². The van der Waals surface area contributed by atoms with Gasteiger partial charge in [-0.1, -0.05) is 38.1 Å². The van der Waals surface area contributed by atoms with E-state index < -0.39 is 0 Å². The van der Waals surface area contributed by atoms with E-state index >= 15 is 0 Å². The topological polar surface area (TPSA) is 49.8 Å². The molecule has 1 saturated heterocycles. The number of halogens is 1. The maximum Gasteiger partial charge on any atom is 0.260 e. The standard InChI is InChI=1S/C19H20FNO3S.C2H6/c20-17-3-1-2-4-18(17)25-16-9-10-21(11-16)19(23)13-24-15-7-5-14(12-22)6-8-15;1-2/h1-8,16,22H,9-13H2;1-2H3. The smallest absolute Gasteiger partial charge is 0.260 e. The Balaban J connectivity index is 0.00000126. The van der Waals surface area contributed by atoms with Crippen LogP contribution in [0, 0.1) is 5.82 Å². The van der Waals surface area contributed by atoms with Crippen LogP contribution in [0.25, 0.3) is 0 Å². The molecule has 1 amide bonds. The number of likely N-dealkylation sites (tertiary alicyclic amines) is 1. The van der Waals surface area contributed by atoms with Gasteiger partial charge in [-0.05, 0) is 36.2 Å². The van der Waals surface area contributed by atoms with Gasteiger partial charge >= 0.3 is 0 Å². The average Bonchev–Trinajstić information content (AvgIpc) is 3.18. The first kappa shape index (κ1) is 21.3. The molecule has 2 aromatic carbocycles. The summed E-state index contributed by atoms with van der Waals surface area (Å²) in [5, 5.41) is 9.21. The molecule has 0 aliphatic carbocycles. The number of hydrogen-bond donors (Lipinski definition) is 1. The molecule has 1 heterocycles. The number of hydrogen-bond acceptors (Lipinski definition) is 4. The number of nitrogens with zero attached hydrogens (tertiary/aromatic N) is 1. The molecule has 0 saturated carbocycles. The second-order valence-corrected chi connectivity index (χ2v) is 7.23. The maximum absolute atomic E-state index is 13.7. The second kappa shape index (κ2) is 10.9. The molecule has 1 aliphatic rings. The molecule has 0 radical (unpaired) electrons. The Kier molecular flexibility index (Phi) is 8.61. The van der Waals surface area contributed by atoms with E-state index in [0.29, 0.717) is 23.7 Å². The van der Waals surface area contributed by atoms with Crippen molar-refractivity contribution in [1.82, 2.24) is 4.90 Å². The molecule has 146 valence electrons. The van der Waals surface area contributed by atoms with Gasteiger partial charge in [-0.2, -0.15) is 0 Å². The Labute approximate surface area is 164 Å². The van der Waals surface area contributed by atoms with Crippen LogP contribution < -0.4 is 4.74 Å². The number of aliphatic hydroxyl groups excluding tert-OH is 1. The first-order valence-electron chi connectivity index (χ1n) is 9.17. The van der Waals surface area contributed by atoms with Crippen molar-refractivity contribution in [3.8, 4) is 5.75 Å². The minimum absolute atomic E-state index is 0.0183. The monoisotopic (exact) mass is 391 g/mol. The molecule has 4 nitrogen and oxygen atoms in total. The van der Waals surface area contributed by atoms with E-state index in [4.69, 9.17) is 9.84 Å². The summed E-state index contributed by atoms with van der Waals surface area (Å²) in [5.74, 6) is 0.317. The molecule has 0 aromatic heterocycles. The third kappa shape index (κ3) is 6.26. The summed E-state index contributed by atoms with van der Waals surface area (Å²) < 4.78 is 19.2. The van der Waals surface area contributed by atoms with Crippen molar-refractivity contribution in [3.63, 3.8) is 0 Å². The predicted octanol–water partition coefficient (Wildman–Crippen LogP) is 4.12. The number of benzene rings is 2. The van der Waals surface area contributed by atoms with Gasteiger partial charge in [-0.25, -0.2) is 4.39 Å². The number of carbonyl (C=O) groups is 1. The molecular weight excluding hydrogens is 365 g/mol. The molecule has 0 bridgehead atoms. The fourth-order valence-corrected chi connectivity index (χ4v) is 3.87. The van der Waals surface area contributed by atoms with Gasteiger partial charge in [0.15, 0.2) is 6.61 Å². The highest BCUT2D eigenvalue weighted by Gasteiger charge is 2.27. The third-order valence-electron chi connectivity index (χ3n) is 4.10. The summed E-state index contributed by atoms with van der Waals surface area (Å²) in [6, 6.07) is 13.7. The van der Waals surface area contributed by atoms with Gasteiger partial charge in [0.25, 0.3) is 5.91 Å². The first-order valence-corrected chi connectivity index (χ1v) is 10.0. The van der Waals surface area contributed by atoms with E-state index in [1.54, 1.807) is 41.3 Å². The van der Waals surface area contributed by atoms with Crippen molar-refractivity contribution in [2.45, 2.75) is 37.0 Å². The number of thioether (sulfide) groups is 1. The third-order valence-corrected chi connectivity index (χ3v) is 5.40. The molecule has 3 rings (SSSR count). The van der Waals surface area contributed by atoms with E-state index in [0.717, 1.165) is 12.0 Å². The van der Waals surface area contributed by atoms with Gasteiger partial charge in [-0.3, -0.25) is 4.79 Å². The van der Waals surface area contributed by atoms with E-state index in [9.17, 15) is 9.18 Å². The Bertz CT molecular complexity index is 724. The number of carbonyl (C=O) groups excluding carboxylic acids is 1. The van der Waals surface area contributed by atoms with Crippen molar-refractivity contribution in [1.29, 1.82) is 0 Å². The Hall–Kier alpha value is -2.05. The van der Waals surface area contributed by atoms with Crippen LogP contribution >= 0.6 is 11.8 Å². The lowest BCUT2D eigenvalue weighted by atomic mass is 10.2. The summed E-state index contributed by atoms with van der Waals surface area (Å²) >= 11 is 1.48. The van der Waals surface area contributed by atoms with Gasteiger partial charge in [0.05, 0.1) is 6.61 Å². The summed E-state index contributed by atoms with van der Waals surface area (Å²) in [6.45, 7) is 5.23. The van der Waals surface area contributed by atoms with Gasteiger partial charge in [0.2, 0.25) is 0 Å². The van der Waals surface area contributed by atoms with Gasteiger partial charge in [0, 0.05) is 23.2 Å². The maximum atomic E-state index is 13.7. The van der Waals surface area contributed by atoms with Gasteiger partial charge < -0.3 is 14.7 Å². The normalized spacial score (nSPS) is 15.9. The predicted molar refractivity (Wildman–Crippen MR) is 106 cm³/mol. The first-order chi connectivity index (χ1) is 13.2. The second-order valence-electron chi connectivity index (χ2n) is 5.89. The molecule has 1 atom stereocenters. The van der Waals surface area contributed by atoms with Crippen LogP contribution in [0.4, 0.5) is 4.39 Å². The highest BCUT2D eigenvalue weighted by atomic mass is 32.2. The number of amides is 1. The highest BCUT2D eigenvalue weighted by molar-refractivity contribution is 8.00.